The lowest BCUT2D eigenvalue weighted by molar-refractivity contribution is -0.112. The number of hydrogen-bond donors (Lipinski definition) is 1. The van der Waals surface area contributed by atoms with Crippen molar-refractivity contribution < 1.29 is 18.7 Å². The summed E-state index contributed by atoms with van der Waals surface area (Å²) in [5.41, 5.74) is 1.12. The number of nitriles is 1. The maximum absolute atomic E-state index is 13.8. The number of nitrogens with zero attached hydrogens (tertiary/aromatic N) is 1. The third-order valence-electron chi connectivity index (χ3n) is 4.43. The summed E-state index contributed by atoms with van der Waals surface area (Å²) in [6.45, 7) is 2.28. The molecule has 0 saturated heterocycles. The van der Waals surface area contributed by atoms with Crippen LogP contribution < -0.4 is 14.8 Å². The molecule has 0 saturated carbocycles. The van der Waals surface area contributed by atoms with E-state index in [-0.39, 0.29) is 28.0 Å². The zero-order valence-electron chi connectivity index (χ0n) is 17.6. The predicted octanol–water partition coefficient (Wildman–Crippen LogP) is 6.66. The van der Waals surface area contributed by atoms with Crippen LogP contribution in [0.4, 0.5) is 10.1 Å². The first-order chi connectivity index (χ1) is 15.9. The van der Waals surface area contributed by atoms with Crippen LogP contribution in [0.5, 0.6) is 11.5 Å². The molecule has 1 amide bonds. The van der Waals surface area contributed by atoms with E-state index < -0.39 is 11.7 Å². The zero-order valence-corrected chi connectivity index (χ0v) is 19.1. The van der Waals surface area contributed by atoms with Gasteiger partial charge < -0.3 is 14.8 Å². The van der Waals surface area contributed by atoms with Gasteiger partial charge in [-0.3, -0.25) is 4.79 Å². The monoisotopic (exact) mass is 484 g/mol. The maximum atomic E-state index is 13.8. The van der Waals surface area contributed by atoms with Gasteiger partial charge in [0.15, 0.2) is 5.75 Å². The molecular formula is C25H19Cl2FN2O3. The Hall–Kier alpha value is -3.53. The molecule has 3 aromatic rings. The Kier molecular flexibility index (Phi) is 8.31. The minimum Gasteiger partial charge on any atom is -0.494 e. The molecule has 5 nitrogen and oxygen atoms in total. The number of nitrogens with one attached hydrogen (secondary N) is 1. The van der Waals surface area contributed by atoms with E-state index in [4.69, 9.17) is 32.7 Å². The van der Waals surface area contributed by atoms with Gasteiger partial charge in [-0.1, -0.05) is 47.5 Å². The smallest absolute Gasteiger partial charge is 0.266 e. The van der Waals surface area contributed by atoms with Crippen LogP contribution in [-0.2, 0) is 11.4 Å². The van der Waals surface area contributed by atoms with E-state index in [1.807, 2.05) is 13.0 Å². The summed E-state index contributed by atoms with van der Waals surface area (Å²) in [5, 5.41) is 12.5. The average Bonchev–Trinajstić information content (AvgIpc) is 2.78. The molecule has 168 valence electrons. The molecule has 33 heavy (non-hydrogen) atoms. The summed E-state index contributed by atoms with van der Waals surface area (Å²) in [5.74, 6) is -0.226. The maximum Gasteiger partial charge on any atom is 0.266 e. The Balaban J connectivity index is 1.76. The SMILES string of the molecule is CCOc1cccc(NC(=O)/C(C#N)=C\c2cc(Cl)c(OCc3ccccc3F)c(Cl)c2)c1. The molecular weight excluding hydrogens is 466 g/mol. The summed E-state index contributed by atoms with van der Waals surface area (Å²) in [6.07, 6.45) is 1.36. The fourth-order valence-electron chi connectivity index (χ4n) is 2.91. The molecule has 3 rings (SSSR count). The molecule has 0 aliphatic heterocycles. The van der Waals surface area contributed by atoms with E-state index in [0.29, 0.717) is 29.2 Å². The van der Waals surface area contributed by atoms with Crippen molar-refractivity contribution in [3.63, 3.8) is 0 Å². The standard InChI is InChI=1S/C25H19Cl2FN2O3/c1-2-32-20-8-5-7-19(13-20)30-25(31)18(14-29)10-16-11-21(26)24(22(27)12-16)33-15-17-6-3-4-9-23(17)28/h3-13H,2,15H2,1H3,(H,30,31)/b18-10-. The van der Waals surface area contributed by atoms with Gasteiger partial charge in [0.05, 0.1) is 16.7 Å². The normalized spacial score (nSPS) is 10.9. The number of ether oxygens (including phenoxy) is 2. The predicted molar refractivity (Wildman–Crippen MR) is 127 cm³/mol. The number of halogens is 3. The molecule has 1 N–H and O–H groups in total. The highest BCUT2D eigenvalue weighted by Gasteiger charge is 2.14. The highest BCUT2D eigenvalue weighted by Crippen LogP contribution is 2.35. The van der Waals surface area contributed by atoms with Crippen LogP contribution >= 0.6 is 23.2 Å². The molecule has 0 atom stereocenters. The Bertz CT molecular complexity index is 1220. The number of carbonyl (C=O) groups excluding carboxylic acids is 1. The molecule has 0 unspecified atom stereocenters. The Labute approximate surface area is 201 Å². The minimum atomic E-state index is -0.599. The first-order valence-electron chi connectivity index (χ1n) is 9.92. The van der Waals surface area contributed by atoms with Crippen LogP contribution in [0.15, 0.2) is 66.2 Å². The van der Waals surface area contributed by atoms with Crippen molar-refractivity contribution in [1.82, 2.24) is 0 Å². The number of anilines is 1. The largest absolute Gasteiger partial charge is 0.494 e. The molecule has 0 aliphatic carbocycles. The molecule has 0 aliphatic rings. The number of benzene rings is 3. The van der Waals surface area contributed by atoms with Crippen LogP contribution in [0.25, 0.3) is 6.08 Å². The van der Waals surface area contributed by atoms with Crippen molar-refractivity contribution >= 4 is 40.9 Å². The molecule has 3 aromatic carbocycles. The summed E-state index contributed by atoms with van der Waals surface area (Å²) in [7, 11) is 0. The zero-order chi connectivity index (χ0) is 23.8. The van der Waals surface area contributed by atoms with Gasteiger partial charge in [0.1, 0.15) is 29.8 Å². The molecule has 0 spiro atoms. The third-order valence-corrected chi connectivity index (χ3v) is 4.99. The van der Waals surface area contributed by atoms with Crippen LogP contribution in [0.1, 0.15) is 18.1 Å². The van der Waals surface area contributed by atoms with Gasteiger partial charge in [-0.05, 0) is 48.9 Å². The van der Waals surface area contributed by atoms with Gasteiger partial charge in [0, 0.05) is 17.3 Å². The van der Waals surface area contributed by atoms with Crippen molar-refractivity contribution in [3.05, 3.63) is 93.2 Å². The van der Waals surface area contributed by atoms with E-state index in [9.17, 15) is 14.4 Å². The highest BCUT2D eigenvalue weighted by molar-refractivity contribution is 6.37. The molecule has 0 fully saturated rings. The number of carbonyl (C=O) groups is 1. The summed E-state index contributed by atoms with van der Waals surface area (Å²) < 4.78 is 24.8. The second-order valence-electron chi connectivity index (χ2n) is 6.78. The van der Waals surface area contributed by atoms with E-state index in [0.717, 1.165) is 0 Å². The van der Waals surface area contributed by atoms with E-state index in [1.54, 1.807) is 42.5 Å². The van der Waals surface area contributed by atoms with Crippen molar-refractivity contribution in [2.45, 2.75) is 13.5 Å². The topological polar surface area (TPSA) is 71.3 Å². The Morgan fingerprint density at radius 1 is 1.09 bits per heavy atom. The molecule has 0 heterocycles. The van der Waals surface area contributed by atoms with Crippen molar-refractivity contribution in [2.75, 3.05) is 11.9 Å². The van der Waals surface area contributed by atoms with Crippen LogP contribution in [0.2, 0.25) is 10.0 Å². The van der Waals surface area contributed by atoms with Gasteiger partial charge in [0.2, 0.25) is 0 Å². The van der Waals surface area contributed by atoms with E-state index in [1.165, 1.54) is 24.3 Å². The van der Waals surface area contributed by atoms with Crippen molar-refractivity contribution in [1.29, 1.82) is 5.26 Å². The molecule has 0 aromatic heterocycles. The summed E-state index contributed by atoms with van der Waals surface area (Å²) >= 11 is 12.6. The van der Waals surface area contributed by atoms with Gasteiger partial charge in [0.25, 0.3) is 5.91 Å². The van der Waals surface area contributed by atoms with E-state index >= 15 is 0 Å². The minimum absolute atomic E-state index is 0.0615. The highest BCUT2D eigenvalue weighted by atomic mass is 35.5. The number of amides is 1. The van der Waals surface area contributed by atoms with Crippen molar-refractivity contribution in [3.8, 4) is 17.6 Å². The first kappa shape index (κ1) is 24.1. The van der Waals surface area contributed by atoms with Crippen LogP contribution in [0, 0.1) is 17.1 Å². The fourth-order valence-corrected chi connectivity index (χ4v) is 3.52. The lowest BCUT2D eigenvalue weighted by Gasteiger charge is -2.12. The first-order valence-corrected chi connectivity index (χ1v) is 10.7. The van der Waals surface area contributed by atoms with Gasteiger partial charge in [-0.25, -0.2) is 4.39 Å². The van der Waals surface area contributed by atoms with E-state index in [2.05, 4.69) is 5.32 Å². The second kappa shape index (κ2) is 11.4. The number of rotatable bonds is 8. The number of hydrogen-bond acceptors (Lipinski definition) is 4. The van der Waals surface area contributed by atoms with Crippen LogP contribution in [0.3, 0.4) is 0 Å². The fraction of sp³-hybridized carbons (Fsp3) is 0.120. The average molecular weight is 485 g/mol. The quantitative estimate of drug-likeness (QED) is 0.286. The Morgan fingerprint density at radius 3 is 2.48 bits per heavy atom. The lowest BCUT2D eigenvalue weighted by atomic mass is 10.1. The van der Waals surface area contributed by atoms with Gasteiger partial charge in [-0.15, -0.1) is 0 Å². The van der Waals surface area contributed by atoms with Gasteiger partial charge in [-0.2, -0.15) is 5.26 Å². The molecule has 0 radical (unpaired) electrons. The third kappa shape index (κ3) is 6.48. The van der Waals surface area contributed by atoms with Crippen LogP contribution in [-0.4, -0.2) is 12.5 Å². The van der Waals surface area contributed by atoms with Crippen molar-refractivity contribution in [2.24, 2.45) is 0 Å². The summed E-state index contributed by atoms with van der Waals surface area (Å²) in [6, 6.07) is 17.9. The molecule has 0 bridgehead atoms. The van der Waals surface area contributed by atoms with Gasteiger partial charge >= 0.3 is 0 Å². The molecule has 8 heteroatoms. The summed E-state index contributed by atoms with van der Waals surface area (Å²) in [4.78, 5) is 12.6. The second-order valence-corrected chi connectivity index (χ2v) is 7.59. The Morgan fingerprint density at radius 2 is 1.82 bits per heavy atom. The lowest BCUT2D eigenvalue weighted by Crippen LogP contribution is -2.13.